The summed E-state index contributed by atoms with van der Waals surface area (Å²) in [6.45, 7) is 8.16. The normalized spacial score (nSPS) is 22.6. The Kier molecular flexibility index (Phi) is 8.37. The summed E-state index contributed by atoms with van der Waals surface area (Å²) in [7, 11) is 0. The summed E-state index contributed by atoms with van der Waals surface area (Å²) in [5.74, 6) is -2.55. The average Bonchev–Trinajstić information content (AvgIpc) is 3.14. The molecule has 44 heavy (non-hydrogen) atoms. The van der Waals surface area contributed by atoms with Gasteiger partial charge in [0.1, 0.15) is 11.9 Å². The van der Waals surface area contributed by atoms with Crippen molar-refractivity contribution in [2.24, 2.45) is 5.41 Å². The van der Waals surface area contributed by atoms with E-state index in [4.69, 9.17) is 11.6 Å². The third kappa shape index (κ3) is 6.17. The molecule has 4 amide bonds. The van der Waals surface area contributed by atoms with E-state index in [1.54, 1.807) is 11.0 Å². The highest BCUT2D eigenvalue weighted by Crippen LogP contribution is 2.43. The van der Waals surface area contributed by atoms with Gasteiger partial charge in [0.2, 0.25) is 11.8 Å². The van der Waals surface area contributed by atoms with E-state index in [2.05, 4.69) is 36.2 Å². The fourth-order valence-electron chi connectivity index (χ4n) is 7.03. The smallest absolute Gasteiger partial charge is 0.258 e. The Hall–Kier alpha value is -3.56. The quantitative estimate of drug-likeness (QED) is 0.473. The van der Waals surface area contributed by atoms with Crippen LogP contribution in [0.5, 0.6) is 0 Å². The van der Waals surface area contributed by atoms with Crippen molar-refractivity contribution in [2.75, 3.05) is 32.7 Å². The number of rotatable bonds is 5. The maximum atomic E-state index is 15.3. The van der Waals surface area contributed by atoms with Gasteiger partial charge in [0.25, 0.3) is 11.8 Å². The van der Waals surface area contributed by atoms with Crippen molar-refractivity contribution in [3.05, 3.63) is 75.1 Å². The van der Waals surface area contributed by atoms with E-state index >= 15 is 4.39 Å². The topological polar surface area (TPSA) is 90.0 Å². The zero-order valence-corrected chi connectivity index (χ0v) is 26.0. The van der Waals surface area contributed by atoms with Crippen LogP contribution in [0.25, 0.3) is 5.57 Å². The van der Waals surface area contributed by atoms with Crippen molar-refractivity contribution < 1.29 is 23.6 Å². The molecule has 1 aliphatic carbocycles. The SMILES string of the molecule is CC1(C)CCC(CN2CCCN(C(=O)c3cc(F)c4c(c3)CN(C3CCC(=O)NC3=O)C4=O)CC2)=C(c2ccc(Cl)cc2)C1. The highest BCUT2D eigenvalue weighted by molar-refractivity contribution is 6.30. The van der Waals surface area contributed by atoms with Crippen LogP contribution >= 0.6 is 11.6 Å². The molecule has 0 bridgehead atoms. The first-order valence-corrected chi connectivity index (χ1v) is 15.8. The van der Waals surface area contributed by atoms with Gasteiger partial charge in [-0.3, -0.25) is 29.4 Å². The molecule has 2 saturated heterocycles. The summed E-state index contributed by atoms with van der Waals surface area (Å²) in [4.78, 5) is 56.1. The molecule has 232 valence electrons. The summed E-state index contributed by atoms with van der Waals surface area (Å²) in [6, 6.07) is 9.99. The second kappa shape index (κ2) is 12.1. The van der Waals surface area contributed by atoms with Crippen LogP contribution in [0.3, 0.4) is 0 Å². The molecule has 3 aliphatic heterocycles. The van der Waals surface area contributed by atoms with Gasteiger partial charge in [-0.25, -0.2) is 4.39 Å². The number of nitrogens with zero attached hydrogens (tertiary/aromatic N) is 3. The minimum absolute atomic E-state index is 0.0220. The third-order valence-corrected chi connectivity index (χ3v) is 9.74. The number of allylic oxidation sites excluding steroid dienone is 1. The van der Waals surface area contributed by atoms with Crippen molar-refractivity contribution in [1.29, 1.82) is 0 Å². The molecule has 1 unspecified atom stereocenters. The molecule has 2 fully saturated rings. The molecule has 0 spiro atoms. The van der Waals surface area contributed by atoms with Crippen LogP contribution in [-0.2, 0) is 16.1 Å². The summed E-state index contributed by atoms with van der Waals surface area (Å²) < 4.78 is 15.3. The highest BCUT2D eigenvalue weighted by atomic mass is 35.5. The van der Waals surface area contributed by atoms with Crippen molar-refractivity contribution in [1.82, 2.24) is 20.0 Å². The number of fused-ring (bicyclic) bond motifs is 1. The Balaban J connectivity index is 1.14. The molecule has 2 aromatic carbocycles. The van der Waals surface area contributed by atoms with Gasteiger partial charge in [-0.1, -0.05) is 43.2 Å². The Morgan fingerprint density at radius 2 is 1.82 bits per heavy atom. The third-order valence-electron chi connectivity index (χ3n) is 9.49. The van der Waals surface area contributed by atoms with Crippen LogP contribution in [0.4, 0.5) is 4.39 Å². The van der Waals surface area contributed by atoms with E-state index in [1.807, 2.05) is 12.1 Å². The van der Waals surface area contributed by atoms with Crippen LogP contribution in [0.1, 0.15) is 84.2 Å². The van der Waals surface area contributed by atoms with Gasteiger partial charge in [0, 0.05) is 56.3 Å². The predicted octanol–water partition coefficient (Wildman–Crippen LogP) is 5.05. The fraction of sp³-hybridized carbons (Fsp3) is 0.471. The number of carbonyl (C=O) groups excluding carboxylic acids is 4. The second-order valence-corrected chi connectivity index (χ2v) is 13.7. The van der Waals surface area contributed by atoms with Crippen LogP contribution in [0, 0.1) is 11.2 Å². The van der Waals surface area contributed by atoms with Crippen LogP contribution < -0.4 is 5.32 Å². The van der Waals surface area contributed by atoms with Crippen LogP contribution in [-0.4, -0.2) is 77.1 Å². The standard InChI is InChI=1S/C34H38ClFN4O4/c1-34(2)11-10-22(26(18-34)21-4-6-25(35)7-5-21)19-38-12-3-13-39(15-14-38)32(43)23-16-24-20-40(33(44)30(24)27(36)17-23)28-8-9-29(41)37-31(28)42/h4-7,16-17,28H,3,8-15,18-20H2,1-2H3,(H,37,41,42). The largest absolute Gasteiger partial charge is 0.337 e. The first kappa shape index (κ1) is 30.5. The lowest BCUT2D eigenvalue weighted by Crippen LogP contribution is -2.52. The Labute approximate surface area is 262 Å². The molecular weight excluding hydrogens is 583 g/mol. The molecule has 1 atom stereocenters. The molecule has 6 rings (SSSR count). The van der Waals surface area contributed by atoms with Crippen LogP contribution in [0.15, 0.2) is 42.0 Å². The van der Waals surface area contributed by atoms with Crippen molar-refractivity contribution in [3.8, 4) is 0 Å². The predicted molar refractivity (Wildman–Crippen MR) is 165 cm³/mol. The Morgan fingerprint density at radius 1 is 1.05 bits per heavy atom. The number of piperidine rings is 1. The monoisotopic (exact) mass is 620 g/mol. The number of hydrogen-bond donors (Lipinski definition) is 1. The molecule has 3 heterocycles. The van der Waals surface area contributed by atoms with Crippen molar-refractivity contribution in [3.63, 3.8) is 0 Å². The zero-order valence-electron chi connectivity index (χ0n) is 25.3. The van der Waals surface area contributed by atoms with Crippen molar-refractivity contribution >= 4 is 40.8 Å². The summed E-state index contributed by atoms with van der Waals surface area (Å²) in [6.07, 6.45) is 4.29. The molecule has 0 aromatic heterocycles. The lowest BCUT2D eigenvalue weighted by molar-refractivity contribution is -0.136. The van der Waals surface area contributed by atoms with E-state index in [-0.39, 0.29) is 47.7 Å². The minimum Gasteiger partial charge on any atom is -0.337 e. The molecule has 10 heteroatoms. The molecular formula is C34H38ClFN4O4. The maximum absolute atomic E-state index is 15.3. The van der Waals surface area contributed by atoms with Gasteiger partial charge < -0.3 is 9.80 Å². The first-order valence-electron chi connectivity index (χ1n) is 15.4. The summed E-state index contributed by atoms with van der Waals surface area (Å²) in [5.41, 5.74) is 4.78. The second-order valence-electron chi connectivity index (χ2n) is 13.2. The summed E-state index contributed by atoms with van der Waals surface area (Å²) >= 11 is 6.17. The number of hydrogen-bond acceptors (Lipinski definition) is 5. The molecule has 0 radical (unpaired) electrons. The average molecular weight is 621 g/mol. The minimum atomic E-state index is -0.840. The van der Waals surface area contributed by atoms with E-state index in [9.17, 15) is 19.2 Å². The highest BCUT2D eigenvalue weighted by Gasteiger charge is 2.41. The lowest BCUT2D eigenvalue weighted by atomic mass is 9.72. The van der Waals surface area contributed by atoms with Crippen LogP contribution in [0.2, 0.25) is 5.02 Å². The van der Waals surface area contributed by atoms with E-state index in [0.717, 1.165) is 49.9 Å². The number of imide groups is 1. The number of carbonyl (C=O) groups is 4. The number of benzene rings is 2. The zero-order chi connectivity index (χ0) is 31.2. The van der Waals surface area contributed by atoms with Gasteiger partial charge in [-0.2, -0.15) is 0 Å². The van der Waals surface area contributed by atoms with E-state index in [1.165, 1.54) is 21.6 Å². The molecule has 1 N–H and O–H groups in total. The summed E-state index contributed by atoms with van der Waals surface area (Å²) in [5, 5.41) is 2.98. The Bertz CT molecular complexity index is 1550. The van der Waals surface area contributed by atoms with E-state index < -0.39 is 23.7 Å². The molecule has 8 nitrogen and oxygen atoms in total. The van der Waals surface area contributed by atoms with Gasteiger partial charge in [0.15, 0.2) is 0 Å². The fourth-order valence-corrected chi connectivity index (χ4v) is 7.16. The van der Waals surface area contributed by atoms with E-state index in [0.29, 0.717) is 25.2 Å². The number of amides is 4. The Morgan fingerprint density at radius 3 is 2.57 bits per heavy atom. The van der Waals surface area contributed by atoms with Gasteiger partial charge in [-0.05, 0) is 78.5 Å². The lowest BCUT2D eigenvalue weighted by Gasteiger charge is -2.35. The number of halogens is 2. The van der Waals surface area contributed by atoms with Gasteiger partial charge in [-0.15, -0.1) is 0 Å². The number of nitrogens with one attached hydrogen (secondary N) is 1. The molecule has 0 saturated carbocycles. The molecule has 2 aromatic rings. The first-order chi connectivity index (χ1) is 21.0. The molecule has 4 aliphatic rings. The van der Waals surface area contributed by atoms with Gasteiger partial charge >= 0.3 is 0 Å². The maximum Gasteiger partial charge on any atom is 0.258 e. The van der Waals surface area contributed by atoms with Gasteiger partial charge in [0.05, 0.1) is 5.56 Å². The van der Waals surface area contributed by atoms with Crippen molar-refractivity contribution in [2.45, 2.75) is 65.0 Å².